The summed E-state index contributed by atoms with van der Waals surface area (Å²) in [7, 11) is 0. The summed E-state index contributed by atoms with van der Waals surface area (Å²) < 4.78 is 0. The minimum atomic E-state index is -0.841. The Labute approximate surface area is 47.8 Å². The quantitative estimate of drug-likeness (QED) is 0.417. The molecule has 8 heavy (non-hydrogen) atoms. The largest absolute Gasteiger partial charge is 0.481 e. The molecular formula is C5H8NO2. The van der Waals surface area contributed by atoms with E-state index in [9.17, 15) is 4.79 Å². The zero-order valence-electron chi connectivity index (χ0n) is 4.42. The van der Waals surface area contributed by atoms with Gasteiger partial charge in [-0.1, -0.05) is 0 Å². The fraction of sp³-hybridized carbons (Fsp3) is 0.400. The van der Waals surface area contributed by atoms with Crippen LogP contribution in [0.15, 0.2) is 0 Å². The van der Waals surface area contributed by atoms with Crippen LogP contribution in [0, 0.1) is 11.8 Å². The molecule has 0 rings (SSSR count). The van der Waals surface area contributed by atoms with E-state index in [0.717, 1.165) is 0 Å². The standard InChI is InChI=1S/C5H8NO2/c6-4-2-1-3-5(7)8/h1,4,6H,2-3H2,(H,7,8). The van der Waals surface area contributed by atoms with Crippen molar-refractivity contribution in [3.63, 3.8) is 0 Å². The van der Waals surface area contributed by atoms with E-state index in [-0.39, 0.29) is 6.42 Å². The average Bonchev–Trinajstić information content (AvgIpc) is 1.66. The molecule has 0 saturated heterocycles. The van der Waals surface area contributed by atoms with Gasteiger partial charge in [0.15, 0.2) is 0 Å². The summed E-state index contributed by atoms with van der Waals surface area (Å²) in [4.78, 5) is 9.77. The summed E-state index contributed by atoms with van der Waals surface area (Å²) in [5, 5.41) is 14.5. The van der Waals surface area contributed by atoms with Gasteiger partial charge in [0.1, 0.15) is 0 Å². The van der Waals surface area contributed by atoms with Crippen LogP contribution in [0.5, 0.6) is 0 Å². The molecule has 0 aliphatic carbocycles. The molecule has 0 amide bonds. The van der Waals surface area contributed by atoms with Crippen molar-refractivity contribution < 1.29 is 9.90 Å². The van der Waals surface area contributed by atoms with Gasteiger partial charge in [-0.05, 0) is 19.1 Å². The molecule has 0 aromatic rings. The summed E-state index contributed by atoms with van der Waals surface area (Å²) in [6.45, 7) is 0. The zero-order chi connectivity index (χ0) is 6.41. The number of unbranched alkanes of at least 4 members (excludes halogenated alkanes) is 1. The lowest BCUT2D eigenvalue weighted by Crippen LogP contribution is -1.93. The maximum atomic E-state index is 9.77. The molecule has 0 fully saturated rings. The lowest BCUT2D eigenvalue weighted by atomic mass is 10.2. The Balaban J connectivity index is 2.93. The second-order valence-electron chi connectivity index (χ2n) is 1.33. The first-order valence-electron chi connectivity index (χ1n) is 2.29. The molecule has 3 nitrogen and oxygen atoms in total. The summed E-state index contributed by atoms with van der Waals surface area (Å²) in [6.07, 6.45) is 3.21. The van der Waals surface area contributed by atoms with Gasteiger partial charge in [0.05, 0.1) is 0 Å². The zero-order valence-corrected chi connectivity index (χ0v) is 4.42. The number of hydrogen-bond donors (Lipinski definition) is 2. The number of carboxylic acid groups (broad SMARTS) is 1. The van der Waals surface area contributed by atoms with Crippen molar-refractivity contribution >= 4 is 12.2 Å². The topological polar surface area (TPSA) is 61.2 Å². The number of carboxylic acids is 1. The van der Waals surface area contributed by atoms with Crippen molar-refractivity contribution in [2.75, 3.05) is 0 Å². The first kappa shape index (κ1) is 7.14. The molecule has 0 aliphatic rings. The van der Waals surface area contributed by atoms with Crippen molar-refractivity contribution in [3.05, 3.63) is 6.42 Å². The van der Waals surface area contributed by atoms with Crippen LogP contribution in [-0.4, -0.2) is 17.3 Å². The first-order valence-corrected chi connectivity index (χ1v) is 2.29. The van der Waals surface area contributed by atoms with Crippen LogP contribution in [0.2, 0.25) is 0 Å². The molecule has 3 heteroatoms. The highest BCUT2D eigenvalue weighted by Crippen LogP contribution is 1.88. The second kappa shape index (κ2) is 4.30. The van der Waals surface area contributed by atoms with Gasteiger partial charge >= 0.3 is 5.97 Å². The Morgan fingerprint density at radius 2 is 2.38 bits per heavy atom. The van der Waals surface area contributed by atoms with Crippen LogP contribution in [-0.2, 0) is 4.79 Å². The predicted molar refractivity (Wildman–Crippen MR) is 30.0 cm³/mol. The molecule has 0 atom stereocenters. The fourth-order valence-corrected chi connectivity index (χ4v) is 0.290. The van der Waals surface area contributed by atoms with Crippen molar-refractivity contribution in [1.82, 2.24) is 0 Å². The Kier molecular flexibility index (Phi) is 3.84. The molecule has 0 aromatic heterocycles. The lowest BCUT2D eigenvalue weighted by molar-refractivity contribution is -0.136. The van der Waals surface area contributed by atoms with E-state index < -0.39 is 5.97 Å². The second-order valence-corrected chi connectivity index (χ2v) is 1.33. The third-order valence-corrected chi connectivity index (χ3v) is 0.603. The molecule has 0 heterocycles. The van der Waals surface area contributed by atoms with Gasteiger partial charge in [0.25, 0.3) is 0 Å². The Morgan fingerprint density at radius 3 is 2.75 bits per heavy atom. The third kappa shape index (κ3) is 5.14. The molecule has 0 aromatic carbocycles. The lowest BCUT2D eigenvalue weighted by Gasteiger charge is -1.85. The highest BCUT2D eigenvalue weighted by Gasteiger charge is 1.92. The van der Waals surface area contributed by atoms with Gasteiger partial charge in [-0.3, -0.25) is 4.79 Å². The van der Waals surface area contributed by atoms with Gasteiger partial charge in [-0.25, -0.2) is 0 Å². The molecule has 45 valence electrons. The van der Waals surface area contributed by atoms with E-state index >= 15 is 0 Å². The number of aliphatic carboxylic acids is 1. The number of rotatable bonds is 4. The van der Waals surface area contributed by atoms with E-state index in [4.69, 9.17) is 10.5 Å². The number of carbonyl (C=O) groups is 1. The monoisotopic (exact) mass is 114 g/mol. The molecule has 0 bridgehead atoms. The molecule has 0 saturated carbocycles. The van der Waals surface area contributed by atoms with Crippen molar-refractivity contribution in [1.29, 1.82) is 5.41 Å². The van der Waals surface area contributed by atoms with Crippen LogP contribution in [0.1, 0.15) is 12.8 Å². The van der Waals surface area contributed by atoms with E-state index in [1.807, 2.05) is 0 Å². The van der Waals surface area contributed by atoms with E-state index in [2.05, 4.69) is 0 Å². The van der Waals surface area contributed by atoms with E-state index in [0.29, 0.717) is 6.42 Å². The highest BCUT2D eigenvalue weighted by atomic mass is 16.4. The summed E-state index contributed by atoms with van der Waals surface area (Å²) in [5.74, 6) is -0.841. The third-order valence-electron chi connectivity index (χ3n) is 0.603. The van der Waals surface area contributed by atoms with Crippen LogP contribution in [0.3, 0.4) is 0 Å². The van der Waals surface area contributed by atoms with Crippen molar-refractivity contribution in [3.8, 4) is 0 Å². The average molecular weight is 114 g/mol. The van der Waals surface area contributed by atoms with Gasteiger partial charge in [-0.15, -0.1) is 0 Å². The van der Waals surface area contributed by atoms with E-state index in [1.165, 1.54) is 12.6 Å². The van der Waals surface area contributed by atoms with Gasteiger partial charge < -0.3 is 10.5 Å². The normalized spacial score (nSPS) is 8.50. The predicted octanol–water partition coefficient (Wildman–Crippen LogP) is 0.705. The van der Waals surface area contributed by atoms with Crippen LogP contribution in [0.4, 0.5) is 0 Å². The van der Waals surface area contributed by atoms with Gasteiger partial charge in [0.2, 0.25) is 0 Å². The molecule has 0 spiro atoms. The summed E-state index contributed by atoms with van der Waals surface area (Å²) >= 11 is 0. The molecular weight excluding hydrogens is 106 g/mol. The summed E-state index contributed by atoms with van der Waals surface area (Å²) in [5.41, 5.74) is 0. The summed E-state index contributed by atoms with van der Waals surface area (Å²) in [6, 6.07) is 0. The Morgan fingerprint density at radius 1 is 1.75 bits per heavy atom. The maximum absolute atomic E-state index is 9.77. The van der Waals surface area contributed by atoms with Crippen LogP contribution < -0.4 is 0 Å². The number of nitrogens with one attached hydrogen (secondary N) is 1. The minimum Gasteiger partial charge on any atom is -0.481 e. The van der Waals surface area contributed by atoms with Crippen molar-refractivity contribution in [2.24, 2.45) is 0 Å². The Bertz CT molecular complexity index is 90.4. The van der Waals surface area contributed by atoms with E-state index in [1.54, 1.807) is 0 Å². The SMILES string of the molecule is N=CC[CH]CC(=O)O. The molecule has 1 radical (unpaired) electrons. The maximum Gasteiger partial charge on any atom is 0.303 e. The fourth-order valence-electron chi connectivity index (χ4n) is 0.290. The van der Waals surface area contributed by atoms with Crippen LogP contribution >= 0.6 is 0 Å². The number of hydrogen-bond acceptors (Lipinski definition) is 2. The molecule has 0 unspecified atom stereocenters. The van der Waals surface area contributed by atoms with Gasteiger partial charge in [0, 0.05) is 6.42 Å². The highest BCUT2D eigenvalue weighted by molar-refractivity contribution is 5.69. The molecule has 0 aliphatic heterocycles. The molecule has 2 N–H and O–H groups in total. The van der Waals surface area contributed by atoms with Crippen molar-refractivity contribution in [2.45, 2.75) is 12.8 Å². The van der Waals surface area contributed by atoms with Crippen LogP contribution in [0.25, 0.3) is 0 Å². The Hall–Kier alpha value is -0.860. The van der Waals surface area contributed by atoms with Gasteiger partial charge in [-0.2, -0.15) is 0 Å². The minimum absolute atomic E-state index is 0.0510. The smallest absolute Gasteiger partial charge is 0.303 e. The first-order chi connectivity index (χ1) is 3.77.